The lowest BCUT2D eigenvalue weighted by atomic mass is 10.2. The lowest BCUT2D eigenvalue weighted by Crippen LogP contribution is -2.37. The summed E-state index contributed by atoms with van der Waals surface area (Å²) in [5, 5.41) is 9.14. The molecule has 1 aromatic carbocycles. The normalized spacial score (nSPS) is 22.4. The van der Waals surface area contributed by atoms with E-state index in [2.05, 4.69) is 0 Å². The van der Waals surface area contributed by atoms with Gasteiger partial charge in [-0.3, -0.25) is 0 Å². The van der Waals surface area contributed by atoms with E-state index in [-0.39, 0.29) is 12.6 Å². The molecule has 4 nitrogen and oxygen atoms in total. The predicted molar refractivity (Wildman–Crippen MR) is 60.4 cm³/mol. The fourth-order valence-corrected chi connectivity index (χ4v) is 3.74. The first kappa shape index (κ1) is 11.6. The maximum Gasteiger partial charge on any atom is 0.243 e. The topological polar surface area (TPSA) is 57.6 Å². The summed E-state index contributed by atoms with van der Waals surface area (Å²) in [6, 6.07) is 8.11. The largest absolute Gasteiger partial charge is 0.395 e. The molecule has 0 bridgehead atoms. The Morgan fingerprint density at radius 1 is 1.31 bits per heavy atom. The summed E-state index contributed by atoms with van der Waals surface area (Å²) in [6.07, 6.45) is 1.56. The van der Waals surface area contributed by atoms with Crippen LogP contribution in [0.5, 0.6) is 0 Å². The minimum Gasteiger partial charge on any atom is -0.395 e. The molecule has 0 aromatic heterocycles. The van der Waals surface area contributed by atoms with Crippen LogP contribution in [-0.4, -0.2) is 37.0 Å². The molecule has 1 aliphatic rings. The van der Waals surface area contributed by atoms with Crippen LogP contribution in [0, 0.1) is 0 Å². The molecule has 0 radical (unpaired) electrons. The van der Waals surface area contributed by atoms with Gasteiger partial charge in [-0.25, -0.2) is 8.42 Å². The van der Waals surface area contributed by atoms with Gasteiger partial charge in [0, 0.05) is 12.6 Å². The molecule has 5 heteroatoms. The standard InChI is InChI=1S/C11H15NO3S/c13-9-10-5-4-8-12(10)16(14,15)11-6-2-1-3-7-11/h1-3,6-7,10,13H,4-5,8-9H2/t10-/m0/s1. The Morgan fingerprint density at radius 2 is 2.00 bits per heavy atom. The zero-order valence-electron chi connectivity index (χ0n) is 8.91. The van der Waals surface area contributed by atoms with Crippen molar-refractivity contribution in [3.05, 3.63) is 30.3 Å². The first-order chi connectivity index (χ1) is 7.66. The molecule has 1 saturated heterocycles. The molecule has 2 rings (SSSR count). The molecule has 0 saturated carbocycles. The Hall–Kier alpha value is -0.910. The van der Waals surface area contributed by atoms with E-state index in [1.165, 1.54) is 4.31 Å². The van der Waals surface area contributed by atoms with Crippen molar-refractivity contribution in [2.45, 2.75) is 23.8 Å². The van der Waals surface area contributed by atoms with Gasteiger partial charge in [0.05, 0.1) is 11.5 Å². The van der Waals surface area contributed by atoms with E-state index in [4.69, 9.17) is 5.11 Å². The van der Waals surface area contributed by atoms with Crippen molar-refractivity contribution in [1.29, 1.82) is 0 Å². The van der Waals surface area contributed by atoms with Crippen LogP contribution in [0.3, 0.4) is 0 Å². The minimum absolute atomic E-state index is 0.105. The van der Waals surface area contributed by atoms with Crippen molar-refractivity contribution in [3.63, 3.8) is 0 Å². The predicted octanol–water partition coefficient (Wildman–Crippen LogP) is 0.832. The summed E-state index contributed by atoms with van der Waals surface area (Å²) in [5.74, 6) is 0. The number of hydrogen-bond donors (Lipinski definition) is 1. The van der Waals surface area contributed by atoms with Crippen LogP contribution in [0.25, 0.3) is 0 Å². The van der Waals surface area contributed by atoms with E-state index in [0.717, 1.165) is 12.8 Å². The van der Waals surface area contributed by atoms with Crippen LogP contribution in [0.15, 0.2) is 35.2 Å². The maximum atomic E-state index is 12.2. The monoisotopic (exact) mass is 241 g/mol. The number of hydrogen-bond acceptors (Lipinski definition) is 3. The second kappa shape index (κ2) is 4.53. The highest BCUT2D eigenvalue weighted by Gasteiger charge is 2.34. The summed E-state index contributed by atoms with van der Waals surface area (Å²) in [7, 11) is -3.43. The first-order valence-electron chi connectivity index (χ1n) is 5.34. The summed E-state index contributed by atoms with van der Waals surface area (Å²) < 4.78 is 25.8. The first-order valence-corrected chi connectivity index (χ1v) is 6.78. The second-order valence-corrected chi connectivity index (χ2v) is 5.80. The zero-order valence-corrected chi connectivity index (χ0v) is 9.73. The fraction of sp³-hybridized carbons (Fsp3) is 0.455. The smallest absolute Gasteiger partial charge is 0.243 e. The van der Waals surface area contributed by atoms with Gasteiger partial charge in [-0.1, -0.05) is 18.2 Å². The number of aliphatic hydroxyl groups excluding tert-OH is 1. The molecule has 1 aromatic rings. The molecular formula is C11H15NO3S. The molecule has 0 unspecified atom stereocenters. The fourth-order valence-electron chi connectivity index (χ4n) is 2.04. The Balaban J connectivity index is 2.33. The maximum absolute atomic E-state index is 12.2. The van der Waals surface area contributed by atoms with E-state index >= 15 is 0 Å². The Labute approximate surface area is 95.6 Å². The number of benzene rings is 1. The average molecular weight is 241 g/mol. The summed E-state index contributed by atoms with van der Waals surface area (Å²) in [6.45, 7) is 0.397. The van der Waals surface area contributed by atoms with E-state index in [1.54, 1.807) is 30.3 Å². The molecule has 16 heavy (non-hydrogen) atoms. The zero-order chi connectivity index (χ0) is 11.6. The third-order valence-corrected chi connectivity index (χ3v) is 4.85. The molecular weight excluding hydrogens is 226 g/mol. The minimum atomic E-state index is -3.43. The van der Waals surface area contributed by atoms with Gasteiger partial charge in [0.1, 0.15) is 0 Å². The number of rotatable bonds is 3. The Kier molecular flexibility index (Phi) is 3.28. The van der Waals surface area contributed by atoms with E-state index in [9.17, 15) is 8.42 Å². The van der Waals surface area contributed by atoms with Gasteiger partial charge in [0.2, 0.25) is 10.0 Å². The number of nitrogens with zero attached hydrogens (tertiary/aromatic N) is 1. The van der Waals surface area contributed by atoms with E-state index in [0.29, 0.717) is 11.4 Å². The molecule has 1 atom stereocenters. The van der Waals surface area contributed by atoms with Crippen molar-refractivity contribution in [2.75, 3.05) is 13.2 Å². The Morgan fingerprint density at radius 3 is 2.62 bits per heavy atom. The van der Waals surface area contributed by atoms with Crippen molar-refractivity contribution < 1.29 is 13.5 Å². The highest BCUT2D eigenvalue weighted by molar-refractivity contribution is 7.89. The molecule has 0 amide bonds. The van der Waals surface area contributed by atoms with Crippen LogP contribution in [0.2, 0.25) is 0 Å². The van der Waals surface area contributed by atoms with Crippen LogP contribution in [0.1, 0.15) is 12.8 Å². The molecule has 0 spiro atoms. The molecule has 1 N–H and O–H groups in total. The van der Waals surface area contributed by atoms with Gasteiger partial charge in [0.15, 0.2) is 0 Å². The summed E-state index contributed by atoms with van der Waals surface area (Å²) >= 11 is 0. The highest BCUT2D eigenvalue weighted by Crippen LogP contribution is 2.25. The molecule has 0 aliphatic carbocycles. The molecule has 1 fully saturated rings. The molecule has 1 aliphatic heterocycles. The molecule has 1 heterocycles. The number of sulfonamides is 1. The van der Waals surface area contributed by atoms with E-state index < -0.39 is 10.0 Å². The molecule has 88 valence electrons. The van der Waals surface area contributed by atoms with Gasteiger partial charge in [0.25, 0.3) is 0 Å². The summed E-state index contributed by atoms with van der Waals surface area (Å²) in [4.78, 5) is 0.301. The van der Waals surface area contributed by atoms with Crippen LogP contribution >= 0.6 is 0 Å². The van der Waals surface area contributed by atoms with Gasteiger partial charge in [-0.15, -0.1) is 0 Å². The lowest BCUT2D eigenvalue weighted by molar-refractivity contribution is 0.213. The van der Waals surface area contributed by atoms with Crippen molar-refractivity contribution in [1.82, 2.24) is 4.31 Å². The van der Waals surface area contributed by atoms with Crippen molar-refractivity contribution in [3.8, 4) is 0 Å². The lowest BCUT2D eigenvalue weighted by Gasteiger charge is -2.22. The van der Waals surface area contributed by atoms with Crippen molar-refractivity contribution >= 4 is 10.0 Å². The highest BCUT2D eigenvalue weighted by atomic mass is 32.2. The Bertz CT molecular complexity index is 444. The van der Waals surface area contributed by atoms with Gasteiger partial charge in [-0.2, -0.15) is 4.31 Å². The van der Waals surface area contributed by atoms with Crippen LogP contribution in [-0.2, 0) is 10.0 Å². The summed E-state index contributed by atoms with van der Waals surface area (Å²) in [5.41, 5.74) is 0. The SMILES string of the molecule is O=S(=O)(c1ccccc1)N1CCC[C@H]1CO. The van der Waals surface area contributed by atoms with Gasteiger partial charge < -0.3 is 5.11 Å². The van der Waals surface area contributed by atoms with Crippen LogP contribution in [0.4, 0.5) is 0 Å². The third-order valence-electron chi connectivity index (χ3n) is 2.88. The van der Waals surface area contributed by atoms with Crippen molar-refractivity contribution in [2.24, 2.45) is 0 Å². The number of aliphatic hydroxyl groups is 1. The van der Waals surface area contributed by atoms with Gasteiger partial charge in [-0.05, 0) is 25.0 Å². The van der Waals surface area contributed by atoms with E-state index in [1.807, 2.05) is 0 Å². The third kappa shape index (κ3) is 1.98. The van der Waals surface area contributed by atoms with Gasteiger partial charge >= 0.3 is 0 Å². The quantitative estimate of drug-likeness (QED) is 0.853. The second-order valence-electron chi connectivity index (χ2n) is 3.91. The average Bonchev–Trinajstić information content (AvgIpc) is 2.79. The van der Waals surface area contributed by atoms with Crippen LogP contribution < -0.4 is 0 Å².